The van der Waals surface area contributed by atoms with Crippen LogP contribution in [0.5, 0.6) is 0 Å². The second-order valence-corrected chi connectivity index (χ2v) is 4.82. The van der Waals surface area contributed by atoms with Crippen molar-refractivity contribution in [1.29, 1.82) is 0 Å². The van der Waals surface area contributed by atoms with Crippen LogP contribution in [-0.4, -0.2) is 25.0 Å². The van der Waals surface area contributed by atoms with Gasteiger partial charge in [-0.25, -0.2) is 8.42 Å². The van der Waals surface area contributed by atoms with E-state index in [-0.39, 0.29) is 10.6 Å². The minimum absolute atomic E-state index is 0.144. The summed E-state index contributed by atoms with van der Waals surface area (Å²) in [6.07, 6.45) is 1.80. The number of fused-ring (bicyclic) bond motifs is 1. The van der Waals surface area contributed by atoms with E-state index in [1.807, 2.05) is 18.2 Å². The van der Waals surface area contributed by atoms with Gasteiger partial charge in [0.1, 0.15) is 7.05 Å². The Kier molecular flexibility index (Phi) is 5.08. The van der Waals surface area contributed by atoms with Crippen molar-refractivity contribution in [3.8, 4) is 0 Å². The zero-order valence-corrected chi connectivity index (χ0v) is 11.5. The largest absolute Gasteiger partial charge is 0.726 e. The van der Waals surface area contributed by atoms with Gasteiger partial charge in [0.25, 0.3) is 5.52 Å². The molecule has 0 spiro atoms. The Morgan fingerprint density at radius 3 is 2.30 bits per heavy atom. The van der Waals surface area contributed by atoms with Crippen molar-refractivity contribution in [1.82, 2.24) is 0 Å². The second-order valence-electron chi connectivity index (χ2n) is 3.67. The molecule has 2 aromatic rings. The van der Waals surface area contributed by atoms with Gasteiger partial charge in [-0.2, -0.15) is 4.57 Å². The smallest absolute Gasteiger partial charge is 0.340 e. The number of nitrogens with zero attached hydrogens (tertiary/aromatic N) is 2. The van der Waals surface area contributed by atoms with Crippen LogP contribution in [-0.2, 0) is 21.6 Å². The summed E-state index contributed by atoms with van der Waals surface area (Å²) in [4.78, 5) is 10.4. The van der Waals surface area contributed by atoms with Crippen molar-refractivity contribution in [2.45, 2.75) is 0 Å². The van der Waals surface area contributed by atoms with Crippen LogP contribution in [0, 0.1) is 10.1 Å². The number of aromatic nitrogens is 1. The summed E-state index contributed by atoms with van der Waals surface area (Å²) in [5, 5.41) is 11.6. The summed E-state index contributed by atoms with van der Waals surface area (Å²) < 4.78 is 32.8. The molecule has 0 fully saturated rings. The van der Waals surface area contributed by atoms with Crippen molar-refractivity contribution < 1.29 is 26.6 Å². The Bertz CT molecular complexity index is 724. The number of benzene rings is 1. The van der Waals surface area contributed by atoms with Gasteiger partial charge in [-0.1, -0.05) is 6.07 Å². The van der Waals surface area contributed by atoms with Gasteiger partial charge in [-0.3, -0.25) is 14.3 Å². The second kappa shape index (κ2) is 6.37. The SMILES string of the molecule is COS(=O)(=O)[O-].C[n+]1cccc2cccc([N+](=O)[O-])c21. The van der Waals surface area contributed by atoms with Crippen LogP contribution in [0.1, 0.15) is 0 Å². The normalized spacial score (nSPS) is 10.8. The van der Waals surface area contributed by atoms with Crippen LogP contribution < -0.4 is 4.57 Å². The highest BCUT2D eigenvalue weighted by Gasteiger charge is 2.18. The molecule has 0 unspecified atom stereocenters. The maximum absolute atomic E-state index is 10.8. The molecule has 8 nitrogen and oxygen atoms in total. The summed E-state index contributed by atoms with van der Waals surface area (Å²) in [7, 11) is -1.80. The molecule has 0 saturated heterocycles. The molecule has 9 heteroatoms. The fourth-order valence-electron chi connectivity index (χ4n) is 1.57. The molecule has 0 radical (unpaired) electrons. The van der Waals surface area contributed by atoms with E-state index in [1.165, 1.54) is 6.07 Å². The highest BCUT2D eigenvalue weighted by Crippen LogP contribution is 2.20. The van der Waals surface area contributed by atoms with Crippen LogP contribution in [0.4, 0.5) is 5.69 Å². The van der Waals surface area contributed by atoms with Crippen molar-refractivity contribution in [2.75, 3.05) is 7.11 Å². The average Bonchev–Trinajstić information content (AvgIpc) is 2.38. The van der Waals surface area contributed by atoms with Gasteiger partial charge in [0.05, 0.1) is 17.4 Å². The Morgan fingerprint density at radius 1 is 1.25 bits per heavy atom. The molecule has 0 saturated carbocycles. The molecule has 0 aliphatic rings. The summed E-state index contributed by atoms with van der Waals surface area (Å²) in [5.41, 5.74) is 0.797. The monoisotopic (exact) mass is 300 g/mol. The van der Waals surface area contributed by atoms with Crippen LogP contribution >= 0.6 is 0 Å². The molecule has 1 aromatic heterocycles. The third-order valence-corrected chi connectivity index (χ3v) is 2.79. The number of nitro benzene ring substituents is 1. The molecular weight excluding hydrogens is 288 g/mol. The van der Waals surface area contributed by atoms with Crippen molar-refractivity contribution >= 4 is 27.0 Å². The first-order chi connectivity index (χ1) is 9.26. The number of hydrogen-bond donors (Lipinski definition) is 0. The first-order valence-corrected chi connectivity index (χ1v) is 6.63. The molecule has 0 bridgehead atoms. The highest BCUT2D eigenvalue weighted by atomic mass is 32.3. The molecule has 2 rings (SSSR count). The number of hydrogen-bond acceptors (Lipinski definition) is 6. The van der Waals surface area contributed by atoms with E-state index in [0.29, 0.717) is 5.52 Å². The maximum atomic E-state index is 10.8. The van der Waals surface area contributed by atoms with E-state index in [1.54, 1.807) is 23.9 Å². The maximum Gasteiger partial charge on any atom is 0.340 e. The quantitative estimate of drug-likeness (QED) is 0.265. The number of para-hydroxylation sites is 1. The predicted molar refractivity (Wildman–Crippen MR) is 68.5 cm³/mol. The molecule has 0 aliphatic heterocycles. The summed E-state index contributed by atoms with van der Waals surface area (Å²) in [6, 6.07) is 8.81. The Hall–Kier alpha value is -2.10. The van der Waals surface area contributed by atoms with Crippen LogP contribution in [0.25, 0.3) is 10.9 Å². The lowest BCUT2D eigenvalue weighted by Gasteiger charge is -1.98. The lowest BCUT2D eigenvalue weighted by molar-refractivity contribution is -0.646. The van der Waals surface area contributed by atoms with Crippen molar-refractivity contribution in [3.05, 3.63) is 46.6 Å². The third-order valence-electron chi connectivity index (χ3n) is 2.38. The fraction of sp³-hybridized carbons (Fsp3) is 0.182. The van der Waals surface area contributed by atoms with E-state index in [0.717, 1.165) is 12.5 Å². The van der Waals surface area contributed by atoms with Gasteiger partial charge in [-0.15, -0.1) is 0 Å². The Morgan fingerprint density at radius 2 is 1.80 bits per heavy atom. The third kappa shape index (κ3) is 4.23. The van der Waals surface area contributed by atoms with Gasteiger partial charge < -0.3 is 4.55 Å². The van der Waals surface area contributed by atoms with Gasteiger partial charge in [0.15, 0.2) is 6.20 Å². The summed E-state index contributed by atoms with van der Waals surface area (Å²) >= 11 is 0. The molecule has 0 amide bonds. The lowest BCUT2D eigenvalue weighted by Crippen LogP contribution is -2.28. The zero-order chi connectivity index (χ0) is 15.3. The predicted octanol–water partition coefficient (Wildman–Crippen LogP) is 0.666. The molecule has 0 aliphatic carbocycles. The van der Waals surface area contributed by atoms with Gasteiger partial charge in [-0.05, 0) is 12.1 Å². The Balaban J connectivity index is 0.000000286. The molecule has 1 aromatic carbocycles. The van der Waals surface area contributed by atoms with Crippen LogP contribution in [0.15, 0.2) is 36.5 Å². The number of pyridine rings is 1. The summed E-state index contributed by atoms with van der Waals surface area (Å²) in [5.74, 6) is 0. The minimum Gasteiger partial charge on any atom is -0.726 e. The van der Waals surface area contributed by atoms with Crippen molar-refractivity contribution in [3.63, 3.8) is 0 Å². The molecule has 108 valence electrons. The molecule has 1 heterocycles. The van der Waals surface area contributed by atoms with Gasteiger partial charge in [0, 0.05) is 12.1 Å². The summed E-state index contributed by atoms with van der Waals surface area (Å²) in [6.45, 7) is 0. The molecule has 20 heavy (non-hydrogen) atoms. The highest BCUT2D eigenvalue weighted by molar-refractivity contribution is 7.80. The van der Waals surface area contributed by atoms with Gasteiger partial charge in [0.2, 0.25) is 10.4 Å². The first kappa shape index (κ1) is 16.0. The molecule has 0 N–H and O–H groups in total. The average molecular weight is 300 g/mol. The lowest BCUT2D eigenvalue weighted by atomic mass is 10.2. The topological polar surface area (TPSA) is 113 Å². The Labute approximate surface area is 115 Å². The van der Waals surface area contributed by atoms with Crippen molar-refractivity contribution in [2.24, 2.45) is 7.05 Å². The minimum atomic E-state index is -4.41. The van der Waals surface area contributed by atoms with E-state index in [4.69, 9.17) is 0 Å². The molecular formula is C11H12N2O6S. The first-order valence-electron chi connectivity index (χ1n) is 5.29. The van der Waals surface area contributed by atoms with E-state index < -0.39 is 10.4 Å². The number of rotatable bonds is 2. The number of nitro groups is 1. The van der Waals surface area contributed by atoms with E-state index in [2.05, 4.69) is 4.18 Å². The van der Waals surface area contributed by atoms with Gasteiger partial charge >= 0.3 is 5.69 Å². The van der Waals surface area contributed by atoms with Crippen LogP contribution in [0.2, 0.25) is 0 Å². The number of non-ortho nitro benzene ring substituents is 1. The standard InChI is InChI=1S/C10H9N2O2.CH4O4S/c1-11-7-3-5-8-4-2-6-9(10(8)11)12(13)14;1-5-6(2,3)4/h2-7H,1H3;1H3,(H,2,3,4)/q+1;/p-1. The number of aryl methyl sites for hydroxylation is 1. The zero-order valence-electron chi connectivity index (χ0n) is 10.7. The van der Waals surface area contributed by atoms with Crippen LogP contribution in [0.3, 0.4) is 0 Å². The van der Waals surface area contributed by atoms with E-state index in [9.17, 15) is 23.1 Å². The van der Waals surface area contributed by atoms with E-state index >= 15 is 0 Å². The fourth-order valence-corrected chi connectivity index (χ4v) is 1.57. The molecule has 0 atom stereocenters.